The Morgan fingerprint density at radius 3 is 1.93 bits per heavy atom. The summed E-state index contributed by atoms with van der Waals surface area (Å²) in [5.41, 5.74) is 0. The molecule has 2 heteroatoms. The molecule has 0 amide bonds. The highest BCUT2D eigenvalue weighted by molar-refractivity contribution is 6.23. The van der Waals surface area contributed by atoms with Gasteiger partial charge in [-0.15, -0.1) is 23.2 Å². The van der Waals surface area contributed by atoms with Crippen molar-refractivity contribution >= 4 is 23.2 Å². The minimum atomic E-state index is 0.160. The fraction of sp³-hybridized carbons (Fsp3) is 0.833. The van der Waals surface area contributed by atoms with Crippen LogP contribution in [0.2, 0.25) is 0 Å². The van der Waals surface area contributed by atoms with Crippen LogP contribution in [0, 0.1) is 0 Å². The zero-order chi connectivity index (χ0) is 10.8. The van der Waals surface area contributed by atoms with Gasteiger partial charge in [-0.2, -0.15) is 0 Å². The van der Waals surface area contributed by atoms with Crippen LogP contribution in [-0.2, 0) is 0 Å². The van der Waals surface area contributed by atoms with E-state index in [1.165, 1.54) is 19.3 Å². The second kappa shape index (κ2) is 9.86. The minimum Gasteiger partial charge on any atom is -0.118 e. The molecule has 0 aliphatic heterocycles. The smallest absolute Gasteiger partial charge is 0.0516 e. The van der Waals surface area contributed by atoms with Gasteiger partial charge in [0.05, 0.1) is 10.8 Å². The third kappa shape index (κ3) is 8.90. The minimum absolute atomic E-state index is 0.160. The molecule has 0 nitrogen and oxygen atoms in total. The Bertz CT molecular complexity index is 143. The molecule has 0 radical (unpaired) electrons. The Morgan fingerprint density at radius 2 is 1.43 bits per heavy atom. The third-order valence-corrected chi connectivity index (χ3v) is 2.90. The SMILES string of the molecule is CCCCCC(Cl)/C=C/C(Cl)CCC. The molecular formula is C12H22Cl2. The number of unbranched alkanes of at least 4 members (excludes halogenated alkanes) is 2. The molecule has 0 saturated heterocycles. The standard InChI is InChI=1S/C12H22Cl2/c1-3-5-6-8-12(14)10-9-11(13)7-4-2/h9-12H,3-8H2,1-2H3/b10-9+. The van der Waals surface area contributed by atoms with Crippen molar-refractivity contribution in [1.82, 2.24) is 0 Å². The maximum atomic E-state index is 6.12. The van der Waals surface area contributed by atoms with Crippen LogP contribution in [0.3, 0.4) is 0 Å². The van der Waals surface area contributed by atoms with Gasteiger partial charge in [0.25, 0.3) is 0 Å². The van der Waals surface area contributed by atoms with Gasteiger partial charge < -0.3 is 0 Å². The molecule has 0 saturated carbocycles. The molecule has 2 unspecified atom stereocenters. The summed E-state index contributed by atoms with van der Waals surface area (Å²) in [6, 6.07) is 0. The quantitative estimate of drug-likeness (QED) is 0.311. The number of hydrogen-bond acceptors (Lipinski definition) is 0. The lowest BCUT2D eigenvalue weighted by Crippen LogP contribution is -1.97. The number of halogens is 2. The number of allylic oxidation sites excluding steroid dienone is 2. The average molecular weight is 237 g/mol. The summed E-state index contributed by atoms with van der Waals surface area (Å²) in [5.74, 6) is 0. The first-order valence-corrected chi connectivity index (χ1v) is 6.54. The van der Waals surface area contributed by atoms with Gasteiger partial charge in [-0.25, -0.2) is 0 Å². The van der Waals surface area contributed by atoms with Crippen LogP contribution in [-0.4, -0.2) is 10.8 Å². The third-order valence-electron chi connectivity index (χ3n) is 2.18. The van der Waals surface area contributed by atoms with Crippen LogP contribution >= 0.6 is 23.2 Å². The predicted molar refractivity (Wildman–Crippen MR) is 67.5 cm³/mol. The van der Waals surface area contributed by atoms with Crippen molar-refractivity contribution in [2.24, 2.45) is 0 Å². The van der Waals surface area contributed by atoms with Crippen molar-refractivity contribution in [1.29, 1.82) is 0 Å². The molecular weight excluding hydrogens is 215 g/mol. The zero-order valence-corrected chi connectivity index (χ0v) is 10.8. The van der Waals surface area contributed by atoms with E-state index in [4.69, 9.17) is 23.2 Å². The van der Waals surface area contributed by atoms with E-state index in [0.29, 0.717) is 0 Å². The van der Waals surface area contributed by atoms with Gasteiger partial charge in [-0.1, -0.05) is 51.7 Å². The highest BCUT2D eigenvalue weighted by Crippen LogP contribution is 2.13. The molecule has 0 aromatic rings. The lowest BCUT2D eigenvalue weighted by Gasteiger charge is -2.05. The van der Waals surface area contributed by atoms with Crippen molar-refractivity contribution in [3.63, 3.8) is 0 Å². The highest BCUT2D eigenvalue weighted by atomic mass is 35.5. The summed E-state index contributed by atoms with van der Waals surface area (Å²) in [6.45, 7) is 4.35. The molecule has 14 heavy (non-hydrogen) atoms. The van der Waals surface area contributed by atoms with E-state index in [-0.39, 0.29) is 10.8 Å². The van der Waals surface area contributed by atoms with Crippen LogP contribution in [0.5, 0.6) is 0 Å². The summed E-state index contributed by atoms with van der Waals surface area (Å²) in [7, 11) is 0. The van der Waals surface area contributed by atoms with Gasteiger partial charge in [0.15, 0.2) is 0 Å². The van der Waals surface area contributed by atoms with Gasteiger partial charge in [0, 0.05) is 0 Å². The Labute approximate surface area is 98.7 Å². The van der Waals surface area contributed by atoms with Crippen LogP contribution in [0.15, 0.2) is 12.2 Å². The molecule has 0 spiro atoms. The fourth-order valence-corrected chi connectivity index (χ4v) is 1.84. The van der Waals surface area contributed by atoms with E-state index in [1.54, 1.807) is 0 Å². The van der Waals surface area contributed by atoms with E-state index in [2.05, 4.69) is 13.8 Å². The average Bonchev–Trinajstić information content (AvgIpc) is 2.16. The number of rotatable bonds is 8. The fourth-order valence-electron chi connectivity index (χ4n) is 1.30. The molecule has 0 aromatic heterocycles. The molecule has 0 rings (SSSR count). The molecule has 0 fully saturated rings. The van der Waals surface area contributed by atoms with E-state index < -0.39 is 0 Å². The zero-order valence-electron chi connectivity index (χ0n) is 9.31. The summed E-state index contributed by atoms with van der Waals surface area (Å²) in [5, 5.41) is 0.326. The largest absolute Gasteiger partial charge is 0.118 e. The topological polar surface area (TPSA) is 0 Å². The predicted octanol–water partition coefficient (Wildman–Crippen LogP) is 5.14. The molecule has 0 bridgehead atoms. The van der Waals surface area contributed by atoms with Gasteiger partial charge in [-0.3, -0.25) is 0 Å². The molecule has 2 atom stereocenters. The first kappa shape index (κ1) is 14.3. The van der Waals surface area contributed by atoms with Crippen molar-refractivity contribution in [2.75, 3.05) is 0 Å². The van der Waals surface area contributed by atoms with Crippen molar-refractivity contribution in [3.05, 3.63) is 12.2 Å². The Kier molecular flexibility index (Phi) is 10.1. The van der Waals surface area contributed by atoms with Crippen molar-refractivity contribution in [3.8, 4) is 0 Å². The molecule has 84 valence electrons. The first-order chi connectivity index (χ1) is 6.70. The van der Waals surface area contributed by atoms with Crippen LogP contribution in [0.25, 0.3) is 0 Å². The summed E-state index contributed by atoms with van der Waals surface area (Å²) in [6.07, 6.45) is 11.1. The van der Waals surface area contributed by atoms with Gasteiger partial charge in [-0.05, 0) is 12.8 Å². The van der Waals surface area contributed by atoms with Gasteiger partial charge in [0.2, 0.25) is 0 Å². The second-order valence-corrected chi connectivity index (χ2v) is 4.82. The Balaban J connectivity index is 3.53. The van der Waals surface area contributed by atoms with E-state index in [9.17, 15) is 0 Å². The van der Waals surface area contributed by atoms with Crippen LogP contribution < -0.4 is 0 Å². The number of hydrogen-bond donors (Lipinski definition) is 0. The number of alkyl halides is 2. The van der Waals surface area contributed by atoms with Gasteiger partial charge >= 0.3 is 0 Å². The van der Waals surface area contributed by atoms with Crippen LogP contribution in [0.4, 0.5) is 0 Å². The Morgan fingerprint density at radius 1 is 0.857 bits per heavy atom. The molecule has 0 aromatic carbocycles. The van der Waals surface area contributed by atoms with Crippen molar-refractivity contribution in [2.45, 2.75) is 63.1 Å². The molecule has 0 aliphatic carbocycles. The van der Waals surface area contributed by atoms with E-state index in [0.717, 1.165) is 19.3 Å². The monoisotopic (exact) mass is 236 g/mol. The molecule has 0 heterocycles. The van der Waals surface area contributed by atoms with Crippen LogP contribution in [0.1, 0.15) is 52.4 Å². The summed E-state index contributed by atoms with van der Waals surface area (Å²) >= 11 is 12.2. The van der Waals surface area contributed by atoms with E-state index >= 15 is 0 Å². The summed E-state index contributed by atoms with van der Waals surface area (Å²) < 4.78 is 0. The van der Waals surface area contributed by atoms with Crippen molar-refractivity contribution < 1.29 is 0 Å². The molecule has 0 N–H and O–H groups in total. The maximum absolute atomic E-state index is 6.12. The maximum Gasteiger partial charge on any atom is 0.0516 e. The van der Waals surface area contributed by atoms with Gasteiger partial charge in [0.1, 0.15) is 0 Å². The lowest BCUT2D eigenvalue weighted by atomic mass is 10.1. The first-order valence-electron chi connectivity index (χ1n) is 5.67. The summed E-state index contributed by atoms with van der Waals surface area (Å²) in [4.78, 5) is 0. The van der Waals surface area contributed by atoms with E-state index in [1.807, 2.05) is 12.2 Å². The Hall–Kier alpha value is 0.320. The molecule has 0 aliphatic rings. The highest BCUT2D eigenvalue weighted by Gasteiger charge is 2.01. The second-order valence-electron chi connectivity index (χ2n) is 3.70. The lowest BCUT2D eigenvalue weighted by molar-refractivity contribution is 0.676. The normalized spacial score (nSPS) is 16.0.